The Morgan fingerprint density at radius 1 is 1.21 bits per heavy atom. The molecule has 0 aromatic carbocycles. The van der Waals surface area contributed by atoms with E-state index in [0.29, 0.717) is 0 Å². The summed E-state index contributed by atoms with van der Waals surface area (Å²) in [4.78, 5) is 14.5. The second-order valence-electron chi connectivity index (χ2n) is 5.42. The number of nitrogens with two attached hydrogens (primary N) is 1. The summed E-state index contributed by atoms with van der Waals surface area (Å²) in [5.74, 6) is 0.0366. The monoisotopic (exact) mass is 264 g/mol. The van der Waals surface area contributed by atoms with Gasteiger partial charge in [-0.05, 0) is 26.7 Å². The molecule has 2 heterocycles. The number of likely N-dealkylation sites (tertiary alicyclic amines) is 1. The van der Waals surface area contributed by atoms with Gasteiger partial charge in [0.15, 0.2) is 0 Å². The Bertz CT molecular complexity index is 413. The molecule has 1 aromatic heterocycles. The van der Waals surface area contributed by atoms with Crippen LogP contribution in [0.25, 0.3) is 0 Å². The van der Waals surface area contributed by atoms with Crippen molar-refractivity contribution in [1.29, 1.82) is 0 Å². The lowest BCUT2D eigenvalue weighted by molar-refractivity contribution is -0.133. The van der Waals surface area contributed by atoms with Crippen molar-refractivity contribution in [1.82, 2.24) is 15.1 Å². The second-order valence-corrected chi connectivity index (χ2v) is 5.42. The molecule has 1 aliphatic rings. The molecule has 19 heavy (non-hydrogen) atoms. The van der Waals surface area contributed by atoms with Crippen molar-refractivity contribution in [2.24, 2.45) is 5.73 Å². The van der Waals surface area contributed by atoms with Crippen LogP contribution < -0.4 is 5.73 Å². The van der Waals surface area contributed by atoms with Gasteiger partial charge < -0.3 is 10.6 Å². The standard InChI is InChI=1S/C14H24N4O/c1-10-12(11(2)17-16-10)13(15)14(19)18-8-6-4-3-5-7-9-18/h13H,3-9,15H2,1-2H3,(H,16,17)/t13-/m1/s1. The Kier molecular flexibility index (Phi) is 4.58. The molecular weight excluding hydrogens is 240 g/mol. The first-order valence-corrected chi connectivity index (χ1v) is 7.17. The summed E-state index contributed by atoms with van der Waals surface area (Å²) >= 11 is 0. The highest BCUT2D eigenvalue weighted by molar-refractivity contribution is 5.83. The number of H-pyrrole nitrogens is 1. The third-order valence-electron chi connectivity index (χ3n) is 3.93. The molecule has 2 rings (SSSR count). The first-order chi connectivity index (χ1) is 9.11. The van der Waals surface area contributed by atoms with Gasteiger partial charge in [-0.25, -0.2) is 0 Å². The molecule has 0 radical (unpaired) electrons. The number of amides is 1. The van der Waals surface area contributed by atoms with Crippen LogP contribution in [-0.2, 0) is 4.79 Å². The number of carbonyl (C=O) groups is 1. The van der Waals surface area contributed by atoms with Crippen LogP contribution in [0.4, 0.5) is 0 Å². The molecule has 1 atom stereocenters. The average molecular weight is 264 g/mol. The Morgan fingerprint density at radius 2 is 1.79 bits per heavy atom. The molecule has 106 valence electrons. The quantitative estimate of drug-likeness (QED) is 0.855. The van der Waals surface area contributed by atoms with Gasteiger partial charge >= 0.3 is 0 Å². The molecule has 1 fully saturated rings. The SMILES string of the molecule is Cc1n[nH]c(C)c1[C@@H](N)C(=O)N1CCCCCCC1. The fourth-order valence-electron chi connectivity index (χ4n) is 2.81. The lowest BCUT2D eigenvalue weighted by atomic mass is 10.0. The van der Waals surface area contributed by atoms with E-state index in [1.807, 2.05) is 18.7 Å². The largest absolute Gasteiger partial charge is 0.341 e. The predicted octanol–water partition coefficient (Wildman–Crippen LogP) is 1.82. The molecule has 1 amide bonds. The molecule has 1 saturated heterocycles. The van der Waals surface area contributed by atoms with Gasteiger partial charge in [0.2, 0.25) is 5.91 Å². The molecule has 0 saturated carbocycles. The summed E-state index contributed by atoms with van der Waals surface area (Å²) in [6.07, 6.45) is 5.88. The number of aromatic amines is 1. The maximum Gasteiger partial charge on any atom is 0.244 e. The zero-order valence-electron chi connectivity index (χ0n) is 11.9. The van der Waals surface area contributed by atoms with Crippen molar-refractivity contribution in [3.63, 3.8) is 0 Å². The minimum Gasteiger partial charge on any atom is -0.341 e. The molecule has 5 nitrogen and oxygen atoms in total. The molecule has 0 unspecified atom stereocenters. The maximum atomic E-state index is 12.5. The first-order valence-electron chi connectivity index (χ1n) is 7.17. The summed E-state index contributed by atoms with van der Waals surface area (Å²) in [7, 11) is 0. The van der Waals surface area contributed by atoms with Gasteiger partial charge in [-0.15, -0.1) is 0 Å². The average Bonchev–Trinajstić information content (AvgIpc) is 2.67. The summed E-state index contributed by atoms with van der Waals surface area (Å²) in [6, 6.07) is -0.585. The highest BCUT2D eigenvalue weighted by atomic mass is 16.2. The third kappa shape index (κ3) is 3.15. The Balaban J connectivity index is 2.09. The molecular formula is C14H24N4O. The van der Waals surface area contributed by atoms with Gasteiger partial charge in [-0.3, -0.25) is 9.89 Å². The van der Waals surface area contributed by atoms with Crippen molar-refractivity contribution in [3.05, 3.63) is 17.0 Å². The lowest BCUT2D eigenvalue weighted by Crippen LogP contribution is -2.40. The number of nitrogens with one attached hydrogen (secondary N) is 1. The first kappa shape index (κ1) is 14.1. The molecule has 5 heteroatoms. The van der Waals surface area contributed by atoms with Crippen LogP contribution in [0.5, 0.6) is 0 Å². The summed E-state index contributed by atoms with van der Waals surface area (Å²) in [5, 5.41) is 7.02. The number of aryl methyl sites for hydroxylation is 2. The second kappa shape index (κ2) is 6.19. The minimum atomic E-state index is -0.585. The summed E-state index contributed by atoms with van der Waals surface area (Å²) < 4.78 is 0. The Labute approximate surface area is 114 Å². The van der Waals surface area contributed by atoms with Gasteiger partial charge in [-0.1, -0.05) is 19.3 Å². The van der Waals surface area contributed by atoms with Crippen molar-refractivity contribution in [2.45, 2.75) is 52.0 Å². The molecule has 0 spiro atoms. The van der Waals surface area contributed by atoms with E-state index in [1.165, 1.54) is 19.3 Å². The smallest absolute Gasteiger partial charge is 0.244 e. The van der Waals surface area contributed by atoms with Crippen molar-refractivity contribution < 1.29 is 4.79 Å². The number of nitrogens with zero attached hydrogens (tertiary/aromatic N) is 2. The lowest BCUT2D eigenvalue weighted by Gasteiger charge is -2.27. The highest BCUT2D eigenvalue weighted by Gasteiger charge is 2.26. The number of carbonyl (C=O) groups excluding carboxylic acids is 1. The van der Waals surface area contributed by atoms with Gasteiger partial charge in [0.1, 0.15) is 6.04 Å². The van der Waals surface area contributed by atoms with E-state index in [0.717, 1.165) is 42.9 Å². The number of rotatable bonds is 2. The highest BCUT2D eigenvalue weighted by Crippen LogP contribution is 2.21. The van der Waals surface area contributed by atoms with Gasteiger partial charge in [0, 0.05) is 24.3 Å². The number of hydrogen-bond donors (Lipinski definition) is 2. The zero-order chi connectivity index (χ0) is 13.8. The van der Waals surface area contributed by atoms with E-state index >= 15 is 0 Å². The molecule has 1 aromatic rings. The summed E-state index contributed by atoms with van der Waals surface area (Å²) in [5.41, 5.74) is 8.73. The molecule has 0 bridgehead atoms. The number of hydrogen-bond acceptors (Lipinski definition) is 3. The van der Waals surface area contributed by atoms with E-state index in [9.17, 15) is 4.79 Å². The van der Waals surface area contributed by atoms with E-state index in [1.54, 1.807) is 0 Å². The van der Waals surface area contributed by atoms with Gasteiger partial charge in [0.05, 0.1) is 5.69 Å². The van der Waals surface area contributed by atoms with Crippen LogP contribution in [0.15, 0.2) is 0 Å². The Morgan fingerprint density at radius 3 is 2.32 bits per heavy atom. The zero-order valence-corrected chi connectivity index (χ0v) is 11.9. The topological polar surface area (TPSA) is 75.0 Å². The van der Waals surface area contributed by atoms with Gasteiger partial charge in [0.25, 0.3) is 0 Å². The predicted molar refractivity (Wildman–Crippen MR) is 74.7 cm³/mol. The fourth-order valence-corrected chi connectivity index (χ4v) is 2.81. The van der Waals surface area contributed by atoms with Crippen molar-refractivity contribution >= 4 is 5.91 Å². The van der Waals surface area contributed by atoms with Crippen LogP contribution in [0, 0.1) is 13.8 Å². The summed E-state index contributed by atoms with van der Waals surface area (Å²) in [6.45, 7) is 5.47. The van der Waals surface area contributed by atoms with Crippen LogP contribution >= 0.6 is 0 Å². The third-order valence-corrected chi connectivity index (χ3v) is 3.93. The number of aromatic nitrogens is 2. The van der Waals surface area contributed by atoms with Crippen LogP contribution in [-0.4, -0.2) is 34.1 Å². The van der Waals surface area contributed by atoms with Crippen LogP contribution in [0.2, 0.25) is 0 Å². The fraction of sp³-hybridized carbons (Fsp3) is 0.714. The molecule has 1 aliphatic heterocycles. The van der Waals surface area contributed by atoms with Gasteiger partial charge in [-0.2, -0.15) is 5.10 Å². The normalized spacial score (nSPS) is 18.8. The minimum absolute atomic E-state index is 0.0366. The van der Waals surface area contributed by atoms with E-state index in [4.69, 9.17) is 5.73 Å². The van der Waals surface area contributed by atoms with E-state index in [2.05, 4.69) is 10.2 Å². The van der Waals surface area contributed by atoms with Crippen molar-refractivity contribution in [3.8, 4) is 0 Å². The molecule has 3 N–H and O–H groups in total. The molecule has 0 aliphatic carbocycles. The van der Waals surface area contributed by atoms with Crippen LogP contribution in [0.3, 0.4) is 0 Å². The van der Waals surface area contributed by atoms with Crippen molar-refractivity contribution in [2.75, 3.05) is 13.1 Å². The van der Waals surface area contributed by atoms with E-state index in [-0.39, 0.29) is 5.91 Å². The van der Waals surface area contributed by atoms with Crippen LogP contribution in [0.1, 0.15) is 55.1 Å². The van der Waals surface area contributed by atoms with E-state index < -0.39 is 6.04 Å². The maximum absolute atomic E-state index is 12.5. The Hall–Kier alpha value is -1.36.